The van der Waals surface area contributed by atoms with Gasteiger partial charge in [0.2, 0.25) is 5.91 Å². The highest BCUT2D eigenvalue weighted by Gasteiger charge is 2.25. The Balaban J connectivity index is 2.04. The van der Waals surface area contributed by atoms with E-state index in [9.17, 15) is 4.79 Å². The molecule has 98 valence electrons. The summed E-state index contributed by atoms with van der Waals surface area (Å²) in [6, 6.07) is 7.55. The third-order valence-corrected chi connectivity index (χ3v) is 3.15. The number of benzene rings is 1. The first-order valence-electron chi connectivity index (χ1n) is 6.47. The van der Waals surface area contributed by atoms with E-state index in [0.717, 1.165) is 30.7 Å². The van der Waals surface area contributed by atoms with E-state index in [4.69, 9.17) is 10.5 Å². The molecule has 4 heteroatoms. The van der Waals surface area contributed by atoms with Gasteiger partial charge >= 0.3 is 0 Å². The Morgan fingerprint density at radius 3 is 3.11 bits per heavy atom. The molecule has 1 heterocycles. The minimum Gasteiger partial charge on any atom is -0.494 e. The van der Waals surface area contributed by atoms with Crippen LogP contribution in [0.25, 0.3) is 0 Å². The summed E-state index contributed by atoms with van der Waals surface area (Å²) >= 11 is 0. The Morgan fingerprint density at radius 2 is 2.33 bits per heavy atom. The molecule has 18 heavy (non-hydrogen) atoms. The van der Waals surface area contributed by atoms with Gasteiger partial charge in [-0.3, -0.25) is 4.79 Å². The van der Waals surface area contributed by atoms with Gasteiger partial charge in [-0.1, -0.05) is 12.1 Å². The maximum atomic E-state index is 11.9. The normalized spacial score (nSPS) is 20.0. The first-order valence-corrected chi connectivity index (χ1v) is 6.47. The lowest BCUT2D eigenvalue weighted by Crippen LogP contribution is -2.47. The summed E-state index contributed by atoms with van der Waals surface area (Å²) in [6.45, 7) is 4.02. The SMILES string of the molecule is CCOc1cccc(CN2CCCC(N)C2=O)c1. The Kier molecular flexibility index (Phi) is 4.20. The lowest BCUT2D eigenvalue weighted by atomic mass is 10.0. The second kappa shape index (κ2) is 5.87. The van der Waals surface area contributed by atoms with Gasteiger partial charge in [0.15, 0.2) is 0 Å². The van der Waals surface area contributed by atoms with Crippen molar-refractivity contribution in [3.05, 3.63) is 29.8 Å². The summed E-state index contributed by atoms with van der Waals surface area (Å²) in [5.74, 6) is 0.909. The molecule has 1 saturated heterocycles. The summed E-state index contributed by atoms with van der Waals surface area (Å²) in [6.07, 6.45) is 1.78. The lowest BCUT2D eigenvalue weighted by molar-refractivity contribution is -0.135. The third kappa shape index (κ3) is 3.01. The van der Waals surface area contributed by atoms with Crippen molar-refractivity contribution < 1.29 is 9.53 Å². The van der Waals surface area contributed by atoms with Crippen LogP contribution in [0.3, 0.4) is 0 Å². The van der Waals surface area contributed by atoms with E-state index < -0.39 is 0 Å². The fraction of sp³-hybridized carbons (Fsp3) is 0.500. The molecule has 2 rings (SSSR count). The zero-order valence-corrected chi connectivity index (χ0v) is 10.8. The van der Waals surface area contributed by atoms with Gasteiger partial charge in [-0.05, 0) is 37.5 Å². The standard InChI is InChI=1S/C14H20N2O2/c1-2-18-12-6-3-5-11(9-12)10-16-8-4-7-13(15)14(16)17/h3,5-6,9,13H,2,4,7-8,10,15H2,1H3. The van der Waals surface area contributed by atoms with Crippen LogP contribution in [0, 0.1) is 0 Å². The molecule has 0 aliphatic carbocycles. The van der Waals surface area contributed by atoms with Crippen LogP contribution in [-0.4, -0.2) is 30.0 Å². The molecule has 0 saturated carbocycles. The highest BCUT2D eigenvalue weighted by atomic mass is 16.5. The fourth-order valence-electron chi connectivity index (χ4n) is 2.25. The van der Waals surface area contributed by atoms with E-state index in [1.54, 1.807) is 0 Å². The third-order valence-electron chi connectivity index (χ3n) is 3.15. The highest BCUT2D eigenvalue weighted by Crippen LogP contribution is 2.18. The summed E-state index contributed by atoms with van der Waals surface area (Å²) in [7, 11) is 0. The number of hydrogen-bond donors (Lipinski definition) is 1. The van der Waals surface area contributed by atoms with Gasteiger partial charge < -0.3 is 15.4 Å². The molecule has 1 aromatic carbocycles. The van der Waals surface area contributed by atoms with Crippen molar-refractivity contribution in [2.24, 2.45) is 5.73 Å². The molecule has 1 aliphatic heterocycles. The summed E-state index contributed by atoms with van der Waals surface area (Å²) in [4.78, 5) is 13.7. The number of hydrogen-bond acceptors (Lipinski definition) is 3. The predicted molar refractivity (Wildman–Crippen MR) is 70.2 cm³/mol. The molecular weight excluding hydrogens is 228 g/mol. The Labute approximate surface area is 108 Å². The number of nitrogens with two attached hydrogens (primary N) is 1. The number of amides is 1. The molecule has 0 spiro atoms. The Bertz CT molecular complexity index is 420. The van der Waals surface area contributed by atoms with Crippen LogP contribution >= 0.6 is 0 Å². The van der Waals surface area contributed by atoms with Crippen LogP contribution in [0.2, 0.25) is 0 Å². The van der Waals surface area contributed by atoms with E-state index in [1.165, 1.54) is 0 Å². The van der Waals surface area contributed by atoms with Gasteiger partial charge in [0.25, 0.3) is 0 Å². The molecule has 1 aliphatic rings. The summed E-state index contributed by atoms with van der Waals surface area (Å²) < 4.78 is 5.46. The zero-order chi connectivity index (χ0) is 13.0. The summed E-state index contributed by atoms with van der Waals surface area (Å²) in [5.41, 5.74) is 6.87. The maximum Gasteiger partial charge on any atom is 0.239 e. The van der Waals surface area contributed by atoms with Crippen molar-refractivity contribution in [1.29, 1.82) is 0 Å². The molecule has 1 atom stereocenters. The second-order valence-corrected chi connectivity index (χ2v) is 4.59. The molecule has 1 amide bonds. The molecule has 1 aromatic rings. The van der Waals surface area contributed by atoms with E-state index in [1.807, 2.05) is 36.1 Å². The Morgan fingerprint density at radius 1 is 1.50 bits per heavy atom. The van der Waals surface area contributed by atoms with E-state index in [0.29, 0.717) is 13.2 Å². The molecule has 4 nitrogen and oxygen atoms in total. The number of rotatable bonds is 4. The quantitative estimate of drug-likeness (QED) is 0.879. The van der Waals surface area contributed by atoms with Crippen molar-refractivity contribution in [2.45, 2.75) is 32.4 Å². The van der Waals surface area contributed by atoms with Gasteiger partial charge in [0, 0.05) is 13.1 Å². The van der Waals surface area contributed by atoms with Gasteiger partial charge in [0.05, 0.1) is 12.6 Å². The predicted octanol–water partition coefficient (Wildman–Crippen LogP) is 1.53. The smallest absolute Gasteiger partial charge is 0.239 e. The molecular formula is C14H20N2O2. The van der Waals surface area contributed by atoms with Gasteiger partial charge in [-0.25, -0.2) is 0 Å². The number of carbonyl (C=O) groups is 1. The van der Waals surface area contributed by atoms with Crippen molar-refractivity contribution in [2.75, 3.05) is 13.2 Å². The van der Waals surface area contributed by atoms with Crippen LogP contribution < -0.4 is 10.5 Å². The van der Waals surface area contributed by atoms with E-state index in [2.05, 4.69) is 0 Å². The zero-order valence-electron chi connectivity index (χ0n) is 10.8. The number of nitrogens with zero attached hydrogens (tertiary/aromatic N) is 1. The van der Waals surface area contributed by atoms with Crippen molar-refractivity contribution >= 4 is 5.91 Å². The second-order valence-electron chi connectivity index (χ2n) is 4.59. The Hall–Kier alpha value is -1.55. The van der Waals surface area contributed by atoms with Crippen molar-refractivity contribution in [3.8, 4) is 5.75 Å². The molecule has 2 N–H and O–H groups in total. The summed E-state index contributed by atoms with van der Waals surface area (Å²) in [5, 5.41) is 0. The highest BCUT2D eigenvalue weighted by molar-refractivity contribution is 5.82. The average Bonchev–Trinajstić information content (AvgIpc) is 2.36. The van der Waals surface area contributed by atoms with E-state index in [-0.39, 0.29) is 11.9 Å². The number of piperidine rings is 1. The molecule has 1 unspecified atom stereocenters. The van der Waals surface area contributed by atoms with Gasteiger partial charge in [0.1, 0.15) is 5.75 Å². The number of carbonyl (C=O) groups excluding carboxylic acids is 1. The van der Waals surface area contributed by atoms with Crippen molar-refractivity contribution in [3.63, 3.8) is 0 Å². The largest absolute Gasteiger partial charge is 0.494 e. The minimum atomic E-state index is -0.325. The van der Waals surface area contributed by atoms with Crippen LogP contribution in [0.15, 0.2) is 24.3 Å². The minimum absolute atomic E-state index is 0.0584. The topological polar surface area (TPSA) is 55.6 Å². The van der Waals surface area contributed by atoms with Crippen LogP contribution in [0.1, 0.15) is 25.3 Å². The van der Waals surface area contributed by atoms with Gasteiger partial charge in [-0.15, -0.1) is 0 Å². The molecule has 0 bridgehead atoms. The average molecular weight is 248 g/mol. The molecule has 0 aromatic heterocycles. The molecule has 1 fully saturated rings. The molecule has 0 radical (unpaired) electrons. The first-order chi connectivity index (χ1) is 8.70. The van der Waals surface area contributed by atoms with Gasteiger partial charge in [-0.2, -0.15) is 0 Å². The lowest BCUT2D eigenvalue weighted by Gasteiger charge is -2.30. The number of ether oxygens (including phenoxy) is 1. The van der Waals surface area contributed by atoms with Crippen LogP contribution in [-0.2, 0) is 11.3 Å². The van der Waals surface area contributed by atoms with Crippen molar-refractivity contribution in [1.82, 2.24) is 4.90 Å². The maximum absolute atomic E-state index is 11.9. The van der Waals surface area contributed by atoms with Crippen LogP contribution in [0.5, 0.6) is 5.75 Å². The monoisotopic (exact) mass is 248 g/mol. The first kappa shape index (κ1) is 12.9. The van der Waals surface area contributed by atoms with Crippen LogP contribution in [0.4, 0.5) is 0 Å². The fourth-order valence-corrected chi connectivity index (χ4v) is 2.25. The number of likely N-dealkylation sites (tertiary alicyclic amines) is 1. The van der Waals surface area contributed by atoms with E-state index >= 15 is 0 Å².